The molecule has 144 valence electrons. The van der Waals surface area contributed by atoms with Crippen molar-refractivity contribution in [2.75, 3.05) is 12.4 Å². The zero-order valence-corrected chi connectivity index (χ0v) is 15.7. The summed E-state index contributed by atoms with van der Waals surface area (Å²) >= 11 is 0. The van der Waals surface area contributed by atoms with Crippen LogP contribution in [0.3, 0.4) is 0 Å². The molecule has 1 amide bonds. The van der Waals surface area contributed by atoms with Gasteiger partial charge in [0.2, 0.25) is 11.7 Å². The van der Waals surface area contributed by atoms with Crippen LogP contribution < -0.4 is 10.1 Å². The first kappa shape index (κ1) is 18.4. The number of carbonyl (C=O) groups excluding carboxylic acids is 1. The van der Waals surface area contributed by atoms with E-state index >= 15 is 0 Å². The highest BCUT2D eigenvalue weighted by Crippen LogP contribution is 2.22. The lowest BCUT2D eigenvalue weighted by Gasteiger charge is -2.10. The second kappa shape index (κ2) is 8.35. The first-order valence-electron chi connectivity index (χ1n) is 8.99. The molecule has 0 aliphatic rings. The predicted molar refractivity (Wildman–Crippen MR) is 108 cm³/mol. The van der Waals surface area contributed by atoms with Crippen molar-refractivity contribution in [1.82, 2.24) is 15.1 Å². The van der Waals surface area contributed by atoms with Crippen molar-refractivity contribution in [3.8, 4) is 17.1 Å². The van der Waals surface area contributed by atoms with E-state index in [1.165, 1.54) is 0 Å². The Morgan fingerprint density at radius 3 is 2.72 bits per heavy atom. The molecule has 2 aromatic heterocycles. The molecule has 0 spiro atoms. The number of carbonyl (C=O) groups is 1. The average Bonchev–Trinajstić information content (AvgIpc) is 3.24. The van der Waals surface area contributed by atoms with Crippen molar-refractivity contribution in [2.45, 2.75) is 6.42 Å². The second-order valence-corrected chi connectivity index (χ2v) is 6.27. The monoisotopic (exact) mass is 386 g/mol. The number of rotatable bonds is 6. The van der Waals surface area contributed by atoms with E-state index in [9.17, 15) is 4.79 Å². The van der Waals surface area contributed by atoms with Crippen molar-refractivity contribution < 1.29 is 14.1 Å². The molecule has 0 saturated heterocycles. The van der Waals surface area contributed by atoms with Gasteiger partial charge in [0.15, 0.2) is 0 Å². The number of methoxy groups -OCH3 is 1. The molecule has 0 aliphatic carbocycles. The minimum absolute atomic E-state index is 0.223. The van der Waals surface area contributed by atoms with Crippen LogP contribution in [0.1, 0.15) is 21.8 Å². The number of benzene rings is 2. The van der Waals surface area contributed by atoms with E-state index < -0.39 is 0 Å². The third-order valence-electron chi connectivity index (χ3n) is 4.35. The number of para-hydroxylation sites is 1. The van der Waals surface area contributed by atoms with E-state index in [4.69, 9.17) is 9.26 Å². The van der Waals surface area contributed by atoms with Crippen LogP contribution in [0.4, 0.5) is 5.69 Å². The van der Waals surface area contributed by atoms with Gasteiger partial charge in [-0.3, -0.25) is 9.78 Å². The number of nitrogens with one attached hydrogen (secondary N) is 1. The zero-order chi connectivity index (χ0) is 20.1. The van der Waals surface area contributed by atoms with E-state index in [0.29, 0.717) is 35.1 Å². The number of nitrogens with zero attached hydrogens (tertiary/aromatic N) is 3. The summed E-state index contributed by atoms with van der Waals surface area (Å²) in [6, 6.07) is 18.1. The van der Waals surface area contributed by atoms with E-state index in [-0.39, 0.29) is 5.91 Å². The molecule has 0 unspecified atom stereocenters. The lowest BCUT2D eigenvalue weighted by atomic mass is 10.1. The van der Waals surface area contributed by atoms with Gasteiger partial charge in [-0.2, -0.15) is 4.98 Å². The Labute approximate surface area is 167 Å². The smallest absolute Gasteiger partial charge is 0.255 e. The van der Waals surface area contributed by atoms with Crippen molar-refractivity contribution in [3.05, 3.63) is 90.1 Å². The predicted octanol–water partition coefficient (Wildman–Crippen LogP) is 3.98. The van der Waals surface area contributed by atoms with Crippen molar-refractivity contribution in [2.24, 2.45) is 0 Å². The minimum atomic E-state index is -0.223. The Morgan fingerprint density at radius 1 is 1.07 bits per heavy atom. The van der Waals surface area contributed by atoms with Crippen LogP contribution in [-0.4, -0.2) is 28.1 Å². The van der Waals surface area contributed by atoms with E-state index in [1.54, 1.807) is 43.8 Å². The van der Waals surface area contributed by atoms with Gasteiger partial charge in [-0.25, -0.2) is 0 Å². The summed E-state index contributed by atoms with van der Waals surface area (Å²) in [7, 11) is 1.57. The maximum atomic E-state index is 12.7. The van der Waals surface area contributed by atoms with Crippen molar-refractivity contribution >= 4 is 11.6 Å². The van der Waals surface area contributed by atoms with Crippen molar-refractivity contribution in [1.29, 1.82) is 0 Å². The number of anilines is 1. The zero-order valence-electron chi connectivity index (χ0n) is 15.7. The number of pyridine rings is 1. The highest BCUT2D eigenvalue weighted by atomic mass is 16.5. The molecule has 0 fully saturated rings. The van der Waals surface area contributed by atoms with E-state index in [0.717, 1.165) is 11.1 Å². The summed E-state index contributed by atoms with van der Waals surface area (Å²) in [5.41, 5.74) is 2.89. The van der Waals surface area contributed by atoms with Gasteiger partial charge in [0.05, 0.1) is 13.5 Å². The summed E-state index contributed by atoms with van der Waals surface area (Å²) in [6.45, 7) is 0. The quantitative estimate of drug-likeness (QED) is 0.539. The lowest BCUT2D eigenvalue weighted by molar-refractivity contribution is 0.102. The molecule has 0 bridgehead atoms. The van der Waals surface area contributed by atoms with Gasteiger partial charge >= 0.3 is 0 Å². The number of hydrogen-bond donors (Lipinski definition) is 1. The summed E-state index contributed by atoms with van der Waals surface area (Å²) < 4.78 is 10.6. The first-order chi connectivity index (χ1) is 14.2. The summed E-state index contributed by atoms with van der Waals surface area (Å²) in [5, 5.41) is 6.97. The standard InChI is InChI=1S/C22H18N4O3/c1-28-18-7-4-6-17(13-18)22(27)24-19-8-3-2-5-16(19)14-20-25-21(26-29-20)15-9-11-23-12-10-15/h2-13H,14H2,1H3,(H,24,27). The Morgan fingerprint density at radius 2 is 1.90 bits per heavy atom. The van der Waals surface area contributed by atoms with Gasteiger partial charge in [-0.05, 0) is 42.0 Å². The Kier molecular flexibility index (Phi) is 5.29. The van der Waals surface area contributed by atoms with Gasteiger partial charge in [0.1, 0.15) is 5.75 Å². The fourth-order valence-corrected chi connectivity index (χ4v) is 2.86. The third-order valence-corrected chi connectivity index (χ3v) is 4.35. The molecule has 29 heavy (non-hydrogen) atoms. The van der Waals surface area contributed by atoms with Crippen LogP contribution in [-0.2, 0) is 6.42 Å². The normalized spacial score (nSPS) is 10.5. The Bertz CT molecular complexity index is 1130. The molecule has 0 radical (unpaired) electrons. The van der Waals surface area contributed by atoms with Gasteiger partial charge < -0.3 is 14.6 Å². The molecule has 0 atom stereocenters. The molecule has 7 heteroatoms. The molecule has 0 saturated carbocycles. The molecular formula is C22H18N4O3. The van der Waals surface area contributed by atoms with Crippen LogP contribution in [0.15, 0.2) is 77.6 Å². The third kappa shape index (κ3) is 4.30. The SMILES string of the molecule is COc1cccc(C(=O)Nc2ccccc2Cc2nc(-c3ccncc3)no2)c1. The maximum Gasteiger partial charge on any atom is 0.255 e. The summed E-state index contributed by atoms with van der Waals surface area (Å²) in [5.74, 6) is 1.36. The van der Waals surface area contributed by atoms with Crippen LogP contribution in [0.25, 0.3) is 11.4 Å². The average molecular weight is 386 g/mol. The minimum Gasteiger partial charge on any atom is -0.497 e. The maximum absolute atomic E-state index is 12.7. The molecular weight excluding hydrogens is 368 g/mol. The van der Waals surface area contributed by atoms with Crippen LogP contribution in [0, 0.1) is 0 Å². The Hall–Kier alpha value is -4.00. The van der Waals surface area contributed by atoms with Crippen molar-refractivity contribution in [3.63, 3.8) is 0 Å². The summed E-state index contributed by atoms with van der Waals surface area (Å²) in [6.07, 6.45) is 3.75. The molecule has 4 rings (SSSR count). The van der Waals surface area contributed by atoms with E-state index in [2.05, 4.69) is 20.4 Å². The fraction of sp³-hybridized carbons (Fsp3) is 0.0909. The fourth-order valence-electron chi connectivity index (χ4n) is 2.86. The number of hydrogen-bond acceptors (Lipinski definition) is 6. The summed E-state index contributed by atoms with van der Waals surface area (Å²) in [4.78, 5) is 21.1. The molecule has 2 heterocycles. The highest BCUT2D eigenvalue weighted by Gasteiger charge is 2.14. The van der Waals surface area contributed by atoms with E-state index in [1.807, 2.05) is 36.4 Å². The number of ether oxygens (including phenoxy) is 1. The Balaban J connectivity index is 1.53. The van der Waals surface area contributed by atoms with Gasteiger partial charge in [0.25, 0.3) is 5.91 Å². The number of amides is 1. The molecule has 7 nitrogen and oxygen atoms in total. The molecule has 1 N–H and O–H groups in total. The second-order valence-electron chi connectivity index (χ2n) is 6.27. The highest BCUT2D eigenvalue weighted by molar-refractivity contribution is 6.04. The lowest BCUT2D eigenvalue weighted by Crippen LogP contribution is -2.13. The van der Waals surface area contributed by atoms with Crippen LogP contribution in [0.5, 0.6) is 5.75 Å². The largest absolute Gasteiger partial charge is 0.497 e. The van der Waals surface area contributed by atoms with Gasteiger partial charge in [0, 0.05) is 29.2 Å². The van der Waals surface area contributed by atoms with Gasteiger partial charge in [-0.15, -0.1) is 0 Å². The molecule has 2 aromatic carbocycles. The topological polar surface area (TPSA) is 90.1 Å². The van der Waals surface area contributed by atoms with Crippen LogP contribution in [0.2, 0.25) is 0 Å². The first-order valence-corrected chi connectivity index (χ1v) is 8.99. The van der Waals surface area contributed by atoms with Crippen LogP contribution >= 0.6 is 0 Å². The molecule has 4 aromatic rings. The molecule has 0 aliphatic heterocycles. The number of aromatic nitrogens is 3. The van der Waals surface area contributed by atoms with Gasteiger partial charge in [-0.1, -0.05) is 29.4 Å².